The summed E-state index contributed by atoms with van der Waals surface area (Å²) in [4.78, 5) is 0. The summed E-state index contributed by atoms with van der Waals surface area (Å²) >= 11 is 0. The van der Waals surface area contributed by atoms with Crippen molar-refractivity contribution in [1.82, 2.24) is 6.15 Å². The van der Waals surface area contributed by atoms with Crippen LogP contribution in [0.1, 0.15) is 0 Å². The zero-order chi connectivity index (χ0) is 0. The van der Waals surface area contributed by atoms with E-state index in [1.807, 2.05) is 0 Å². The lowest BCUT2D eigenvalue weighted by Crippen LogP contribution is -0.481. The third kappa shape index (κ3) is 11.9. The van der Waals surface area contributed by atoms with E-state index in [1.165, 1.54) is 0 Å². The number of hydrogen-bond donors (Lipinski definition) is 1. The molecule has 0 radical (unpaired) electrons. The van der Waals surface area contributed by atoms with Crippen molar-refractivity contribution in [3.63, 3.8) is 0 Å². The van der Waals surface area contributed by atoms with Crippen molar-refractivity contribution in [1.29, 1.82) is 0 Å². The average molecular weight is 89.3 g/mol. The molecule has 4 heteroatoms. The van der Waals surface area contributed by atoms with Crippen molar-refractivity contribution >= 4 is 42.4 Å². The Kier molecular flexibility index (Phi) is 706. The van der Waals surface area contributed by atoms with E-state index in [-0.39, 0.29) is 48.6 Å². The number of rotatable bonds is 0. The van der Waals surface area contributed by atoms with E-state index in [2.05, 4.69) is 0 Å². The van der Waals surface area contributed by atoms with Crippen molar-refractivity contribution < 1.29 is 0 Å². The van der Waals surface area contributed by atoms with E-state index >= 15 is 0 Å². The highest BCUT2D eigenvalue weighted by Crippen LogP contribution is -0.379. The Morgan fingerprint density at radius 1 is 1.00 bits per heavy atom. The Bertz CT molecular complexity index is 8.00. The molecule has 0 unspecified atom stereocenters. The van der Waals surface area contributed by atoms with Crippen LogP contribution in [-0.4, -0.2) is 42.4 Å². The lowest BCUT2D eigenvalue weighted by molar-refractivity contribution is 2.13. The normalized spacial score (nSPS) is 0. The summed E-state index contributed by atoms with van der Waals surface area (Å²) in [6, 6.07) is 0. The minimum absolute atomic E-state index is 0. The van der Waals surface area contributed by atoms with Gasteiger partial charge in [-0.15, -0.1) is 0 Å². The Morgan fingerprint density at radius 2 is 1.00 bits per heavy atom. The summed E-state index contributed by atoms with van der Waals surface area (Å²) in [5.41, 5.74) is 0. The second-order valence-electron chi connectivity index (χ2n) is 0. The van der Waals surface area contributed by atoms with Gasteiger partial charge in [-0.2, -0.15) is 0 Å². The molecule has 0 fully saturated rings. The van der Waals surface area contributed by atoms with Gasteiger partial charge in [0.25, 0.3) is 0 Å². The molecule has 0 aromatic heterocycles. The van der Waals surface area contributed by atoms with Crippen molar-refractivity contribution in [2.45, 2.75) is 0 Å². The predicted octanol–water partition coefficient (Wildman–Crippen LogP) is -3.39. The molecule has 0 bridgehead atoms. The summed E-state index contributed by atoms with van der Waals surface area (Å²) in [6.07, 6.45) is 0. The molecular weight excluding hydrogens is 77.2 g/mol. The SMILES string of the molecule is B.N.[MgH2].[SiH4]. The zero-order valence-electron chi connectivity index (χ0n) is 0.707. The standard InChI is InChI=1S/BH3.Mg.H3N.H4Si.2H/h1H3;;1H3;1H4;;. The first-order valence-corrected chi connectivity index (χ1v) is 0. The van der Waals surface area contributed by atoms with Gasteiger partial charge in [-0.3, -0.25) is 0 Å². The molecule has 0 heterocycles. The van der Waals surface area contributed by atoms with Gasteiger partial charge < -0.3 is 6.15 Å². The monoisotopic (exact) mass is 89.1 g/mol. The molecule has 0 saturated heterocycles. The van der Waals surface area contributed by atoms with Gasteiger partial charge in [0.2, 0.25) is 0 Å². The Labute approximate surface area is 48.9 Å². The molecule has 3 N–H and O–H groups in total. The molecule has 26 valence electrons. The van der Waals surface area contributed by atoms with Crippen LogP contribution < -0.4 is 6.15 Å². The number of hydrogen-bond acceptors (Lipinski definition) is 1. The summed E-state index contributed by atoms with van der Waals surface area (Å²) < 4.78 is 0. The molecule has 0 rings (SSSR count). The lowest BCUT2D eigenvalue weighted by atomic mass is 10.8. The second kappa shape index (κ2) is 35.7. The summed E-state index contributed by atoms with van der Waals surface area (Å²) in [6.45, 7) is 0. The van der Waals surface area contributed by atoms with Crippen molar-refractivity contribution in [3.05, 3.63) is 0 Å². The summed E-state index contributed by atoms with van der Waals surface area (Å²) in [7, 11) is 0. The second-order valence-corrected chi connectivity index (χ2v) is 0. The first-order valence-electron chi connectivity index (χ1n) is 0. The van der Waals surface area contributed by atoms with Gasteiger partial charge in [0.1, 0.15) is 0 Å². The molecule has 0 aliphatic heterocycles. The van der Waals surface area contributed by atoms with Crippen LogP contribution in [0.3, 0.4) is 0 Å². The van der Waals surface area contributed by atoms with Crippen LogP contribution in [0.25, 0.3) is 0 Å². The maximum absolute atomic E-state index is 0. The van der Waals surface area contributed by atoms with E-state index in [0.717, 1.165) is 0 Å². The van der Waals surface area contributed by atoms with Crippen LogP contribution in [0.2, 0.25) is 0 Å². The van der Waals surface area contributed by atoms with Crippen LogP contribution in [0.5, 0.6) is 0 Å². The molecule has 0 aliphatic rings. The molecule has 0 atom stereocenters. The minimum Gasteiger partial charge on any atom is -0.344 e. The van der Waals surface area contributed by atoms with Gasteiger partial charge in [0.15, 0.2) is 0 Å². The minimum atomic E-state index is 0. The third-order valence-corrected chi connectivity index (χ3v) is 0. The fourth-order valence-corrected chi connectivity index (χ4v) is 0. The summed E-state index contributed by atoms with van der Waals surface area (Å²) in [5.74, 6) is 0. The molecule has 0 spiro atoms. The van der Waals surface area contributed by atoms with Crippen LogP contribution >= 0.6 is 0 Å². The first kappa shape index (κ1) is 79.2. The molecule has 0 saturated carbocycles. The zero-order valence-corrected chi connectivity index (χ0v) is 0.707. The van der Waals surface area contributed by atoms with Gasteiger partial charge >= 0.3 is 23.1 Å². The fourth-order valence-electron chi connectivity index (χ4n) is 0. The van der Waals surface area contributed by atoms with E-state index in [4.69, 9.17) is 0 Å². The van der Waals surface area contributed by atoms with Gasteiger partial charge in [-0.05, 0) is 11.0 Å². The van der Waals surface area contributed by atoms with E-state index in [1.54, 1.807) is 0 Å². The highest BCUT2D eigenvalue weighted by molar-refractivity contribution is 5.76. The van der Waals surface area contributed by atoms with Crippen LogP contribution in [0, 0.1) is 0 Å². The molecular formula is H12BMgNSi. The van der Waals surface area contributed by atoms with Crippen LogP contribution in [0.4, 0.5) is 0 Å². The lowest BCUT2D eigenvalue weighted by Gasteiger charge is -0.344. The third-order valence-electron chi connectivity index (χ3n) is 0. The van der Waals surface area contributed by atoms with Gasteiger partial charge in [0.05, 0.1) is 8.41 Å². The first-order chi connectivity index (χ1) is 0. The van der Waals surface area contributed by atoms with Crippen molar-refractivity contribution in [2.24, 2.45) is 0 Å². The average Bonchev–Trinajstić information content (AvgIpc) is 0. The molecule has 0 aromatic carbocycles. The van der Waals surface area contributed by atoms with Gasteiger partial charge in [-0.25, -0.2) is 0 Å². The maximum Gasteiger partial charge on any atom is 0.316 e. The fraction of sp³-hybridized carbons (Fsp3) is 0. The summed E-state index contributed by atoms with van der Waals surface area (Å²) in [5, 5.41) is 0. The molecule has 1 nitrogen and oxygen atoms in total. The molecule has 0 amide bonds. The highest BCUT2D eigenvalue weighted by Gasteiger charge is 0.316. The van der Waals surface area contributed by atoms with Crippen LogP contribution in [0.15, 0.2) is 0 Å². The van der Waals surface area contributed by atoms with Gasteiger partial charge in [-0.1, -0.05) is 0 Å². The Balaban J connectivity index is 0. The van der Waals surface area contributed by atoms with E-state index in [9.17, 15) is 0 Å². The maximum atomic E-state index is 0. The van der Waals surface area contributed by atoms with Crippen molar-refractivity contribution in [2.75, 3.05) is 0 Å². The molecule has 0 aromatic rings. The Morgan fingerprint density at radius 3 is 1.00 bits per heavy atom. The Hall–Kier alpha value is 1.01. The van der Waals surface area contributed by atoms with Gasteiger partial charge in [0, 0.05) is 0 Å². The predicted molar refractivity (Wildman–Crippen MR) is 34.8 cm³/mol. The smallest absolute Gasteiger partial charge is 0.316 e. The largest absolute Gasteiger partial charge is 0.344 e. The topological polar surface area (TPSA) is 35.0 Å². The molecule has 0 aliphatic carbocycles. The van der Waals surface area contributed by atoms with Crippen molar-refractivity contribution in [3.8, 4) is 0 Å². The highest BCUT2D eigenvalue weighted by atomic mass is 28.1. The van der Waals surface area contributed by atoms with Crippen LogP contribution in [-0.2, 0) is 0 Å². The molecule has 4 heavy (non-hydrogen) atoms. The van der Waals surface area contributed by atoms with E-state index < -0.39 is 0 Å². The van der Waals surface area contributed by atoms with E-state index in [0.29, 0.717) is 0 Å². The quantitative estimate of drug-likeness (QED) is 0.309.